The smallest absolute Gasteiger partial charge is 0.302 e. The quantitative estimate of drug-likeness (QED) is 0.239. The minimum atomic E-state index is -0.513. The van der Waals surface area contributed by atoms with Crippen molar-refractivity contribution in [2.75, 3.05) is 6.61 Å². The molecule has 0 aromatic heterocycles. The fourth-order valence-electron chi connectivity index (χ4n) is 10.7. The Morgan fingerprint density at radius 3 is 2.30 bits per heavy atom. The lowest BCUT2D eigenvalue weighted by atomic mass is 9.35. The van der Waals surface area contributed by atoms with Gasteiger partial charge in [-0.3, -0.25) is 19.2 Å². The summed E-state index contributed by atoms with van der Waals surface area (Å²) in [4.78, 5) is 50.9. The largest absolute Gasteiger partial charge is 0.466 e. The second-order valence-electron chi connectivity index (χ2n) is 14.2. The Hall–Kier alpha value is -1.78. The fourth-order valence-corrected chi connectivity index (χ4v) is 10.7. The summed E-state index contributed by atoms with van der Waals surface area (Å²) in [6.45, 7) is 12.6. The number of carbonyl (C=O) groups excluding carboxylic acids is 4. The van der Waals surface area contributed by atoms with Crippen LogP contribution in [0.1, 0.15) is 106 Å². The Morgan fingerprint density at radius 2 is 1.68 bits per heavy atom. The maximum absolute atomic E-state index is 14.0. The topological polar surface area (TPSA) is 77.5 Å². The summed E-state index contributed by atoms with van der Waals surface area (Å²) >= 11 is 0. The molecule has 1 spiro atoms. The van der Waals surface area contributed by atoms with E-state index in [1.54, 1.807) is 0 Å². The normalized spacial score (nSPS) is 46.3. The highest BCUT2D eigenvalue weighted by Gasteiger charge is 2.71. The Labute approximate surface area is 222 Å². The van der Waals surface area contributed by atoms with Gasteiger partial charge in [-0.15, -0.1) is 0 Å². The number of hydrogen-bond donors (Lipinski definition) is 0. The van der Waals surface area contributed by atoms with Crippen molar-refractivity contribution >= 4 is 23.3 Å². The van der Waals surface area contributed by atoms with E-state index in [0.717, 1.165) is 18.8 Å². The van der Waals surface area contributed by atoms with E-state index in [4.69, 9.17) is 4.74 Å². The van der Waals surface area contributed by atoms with Gasteiger partial charge in [0, 0.05) is 31.1 Å². The van der Waals surface area contributed by atoms with Gasteiger partial charge in [0.05, 0.1) is 12.2 Å². The predicted molar refractivity (Wildman–Crippen MR) is 141 cm³/mol. The highest BCUT2D eigenvalue weighted by molar-refractivity contribution is 6.20. The summed E-state index contributed by atoms with van der Waals surface area (Å²) in [6.07, 6.45) is 11.5. The van der Waals surface area contributed by atoms with Crippen molar-refractivity contribution in [3.8, 4) is 0 Å². The maximum atomic E-state index is 14.0. The first-order chi connectivity index (χ1) is 17.3. The molecule has 9 atom stereocenters. The van der Waals surface area contributed by atoms with Gasteiger partial charge < -0.3 is 4.74 Å². The molecular formula is C32H46O5. The Morgan fingerprint density at radius 1 is 1.00 bits per heavy atom. The van der Waals surface area contributed by atoms with Crippen LogP contribution >= 0.6 is 0 Å². The number of Topliss-reactive ketones (excluding diaryl/α,β-unsaturated/α-hetero) is 3. The lowest BCUT2D eigenvalue weighted by Gasteiger charge is -2.69. The molecule has 5 aliphatic rings. The van der Waals surface area contributed by atoms with E-state index in [2.05, 4.69) is 27.7 Å². The van der Waals surface area contributed by atoms with E-state index in [0.29, 0.717) is 42.1 Å². The van der Waals surface area contributed by atoms with Crippen LogP contribution in [-0.2, 0) is 23.9 Å². The number of ether oxygens (including phenoxy) is 1. The first-order valence-electron chi connectivity index (χ1n) is 14.7. The number of fused-ring (bicyclic) bond motifs is 6. The van der Waals surface area contributed by atoms with Crippen LogP contribution in [0.3, 0.4) is 0 Å². The van der Waals surface area contributed by atoms with E-state index >= 15 is 0 Å². The third-order valence-corrected chi connectivity index (χ3v) is 12.5. The van der Waals surface area contributed by atoms with Gasteiger partial charge in [0.15, 0.2) is 11.6 Å². The third-order valence-electron chi connectivity index (χ3n) is 12.5. The molecule has 5 rings (SSSR count). The van der Waals surface area contributed by atoms with Gasteiger partial charge in [0.2, 0.25) is 0 Å². The molecule has 37 heavy (non-hydrogen) atoms. The maximum Gasteiger partial charge on any atom is 0.302 e. The summed E-state index contributed by atoms with van der Waals surface area (Å²) in [5.74, 6) is 1.38. The molecule has 0 radical (unpaired) electrons. The van der Waals surface area contributed by atoms with Crippen molar-refractivity contribution in [1.82, 2.24) is 0 Å². The van der Waals surface area contributed by atoms with Crippen molar-refractivity contribution in [2.24, 2.45) is 51.2 Å². The van der Waals surface area contributed by atoms with Crippen molar-refractivity contribution < 1.29 is 23.9 Å². The average Bonchev–Trinajstić information content (AvgIpc) is 3.45. The van der Waals surface area contributed by atoms with Crippen LogP contribution in [0.2, 0.25) is 0 Å². The zero-order chi connectivity index (χ0) is 27.0. The van der Waals surface area contributed by atoms with Crippen LogP contribution in [0.4, 0.5) is 0 Å². The summed E-state index contributed by atoms with van der Waals surface area (Å²) in [5.41, 5.74) is 0.423. The van der Waals surface area contributed by atoms with Gasteiger partial charge >= 0.3 is 5.97 Å². The molecule has 0 aromatic carbocycles. The summed E-state index contributed by atoms with van der Waals surface area (Å²) in [7, 11) is 0. The SMILES string of the molecule is CC(=O)OCCCC(=O)[C@H]1C[C@H]2[C@@](C)(CC[C@@H]3[C@]2(C)CCC[C@@]32C[C@@H]2C)[C@@H]2CC(=O)C(C(C)=O)=C[C@@]12C. The standard InChI is InChI=1S/C32H46O5/c1-19-17-32(19)12-8-11-29(4)26(32)10-13-30(5)27(29)15-23(24(35)9-7-14-37-21(3)34)31(6)18-22(20(2)33)25(36)16-28(30)31/h18-19,23,26-28H,7-17H2,1-6H3/t19-,23+,26+,27+,28-,29-,30+,31-,32-/m0/s1. The molecule has 0 unspecified atom stereocenters. The second-order valence-corrected chi connectivity index (χ2v) is 14.2. The van der Waals surface area contributed by atoms with Gasteiger partial charge in [-0.05, 0) is 91.8 Å². The monoisotopic (exact) mass is 510 g/mol. The highest BCUT2D eigenvalue weighted by Crippen LogP contribution is 2.78. The van der Waals surface area contributed by atoms with Crippen molar-refractivity contribution in [3.63, 3.8) is 0 Å². The summed E-state index contributed by atoms with van der Waals surface area (Å²) < 4.78 is 5.11. The van der Waals surface area contributed by atoms with E-state index in [9.17, 15) is 19.2 Å². The molecule has 0 amide bonds. The molecule has 0 saturated heterocycles. The van der Waals surface area contributed by atoms with E-state index < -0.39 is 5.41 Å². The summed E-state index contributed by atoms with van der Waals surface area (Å²) in [5, 5.41) is 0. The highest BCUT2D eigenvalue weighted by atomic mass is 16.5. The molecule has 4 saturated carbocycles. The molecule has 5 heteroatoms. The lowest BCUT2D eigenvalue weighted by Crippen LogP contribution is -2.64. The zero-order valence-electron chi connectivity index (χ0n) is 23.8. The van der Waals surface area contributed by atoms with Crippen LogP contribution in [0.25, 0.3) is 0 Å². The number of carbonyl (C=O) groups is 4. The number of rotatable bonds is 6. The molecule has 5 aliphatic carbocycles. The molecule has 4 fully saturated rings. The Balaban J connectivity index is 1.54. The first kappa shape index (κ1) is 26.8. The van der Waals surface area contributed by atoms with Crippen molar-refractivity contribution in [2.45, 2.75) is 106 Å². The number of ketones is 3. The first-order valence-corrected chi connectivity index (χ1v) is 14.7. The van der Waals surface area contributed by atoms with Gasteiger partial charge in [0.1, 0.15) is 5.78 Å². The van der Waals surface area contributed by atoms with Gasteiger partial charge in [-0.25, -0.2) is 0 Å². The molecule has 0 aromatic rings. The van der Waals surface area contributed by atoms with Crippen LogP contribution < -0.4 is 0 Å². The fraction of sp³-hybridized carbons (Fsp3) is 0.812. The molecule has 0 N–H and O–H groups in total. The minimum absolute atomic E-state index is 0.0281. The predicted octanol–water partition coefficient (Wildman–Crippen LogP) is 6.28. The molecule has 0 heterocycles. The average molecular weight is 511 g/mol. The second kappa shape index (κ2) is 8.88. The molecule has 0 bridgehead atoms. The Bertz CT molecular complexity index is 1060. The summed E-state index contributed by atoms with van der Waals surface area (Å²) in [6, 6.07) is 0. The van der Waals surface area contributed by atoms with Crippen molar-refractivity contribution in [3.05, 3.63) is 11.6 Å². The number of hydrogen-bond acceptors (Lipinski definition) is 5. The van der Waals surface area contributed by atoms with E-state index in [1.807, 2.05) is 6.08 Å². The number of esters is 1. The van der Waals surface area contributed by atoms with Crippen LogP contribution in [0.5, 0.6) is 0 Å². The van der Waals surface area contributed by atoms with E-state index in [-0.39, 0.29) is 52.6 Å². The molecule has 204 valence electrons. The molecular weight excluding hydrogens is 464 g/mol. The van der Waals surface area contributed by atoms with Gasteiger partial charge in [0.25, 0.3) is 0 Å². The number of allylic oxidation sites excluding steroid dienone is 2. The van der Waals surface area contributed by atoms with Gasteiger partial charge in [-0.2, -0.15) is 0 Å². The van der Waals surface area contributed by atoms with Crippen molar-refractivity contribution in [1.29, 1.82) is 0 Å². The zero-order valence-corrected chi connectivity index (χ0v) is 23.8. The third kappa shape index (κ3) is 3.92. The van der Waals surface area contributed by atoms with Gasteiger partial charge in [-0.1, -0.05) is 40.2 Å². The van der Waals surface area contributed by atoms with Crippen LogP contribution in [0.15, 0.2) is 11.6 Å². The van der Waals surface area contributed by atoms with Crippen LogP contribution in [0, 0.1) is 51.2 Å². The molecule has 0 aliphatic heterocycles. The van der Waals surface area contributed by atoms with E-state index in [1.165, 1.54) is 46.0 Å². The van der Waals surface area contributed by atoms with Crippen LogP contribution in [-0.4, -0.2) is 29.9 Å². The minimum Gasteiger partial charge on any atom is -0.466 e. The Kier molecular flexibility index (Phi) is 6.43. The lowest BCUT2D eigenvalue weighted by molar-refractivity contribution is -0.197. The molecule has 5 nitrogen and oxygen atoms in total.